The highest BCUT2D eigenvalue weighted by Crippen LogP contribution is 2.39. The van der Waals surface area contributed by atoms with Gasteiger partial charge in [0, 0.05) is 40.0 Å². The van der Waals surface area contributed by atoms with Crippen molar-refractivity contribution in [3.63, 3.8) is 0 Å². The average molecular weight is 540 g/mol. The van der Waals surface area contributed by atoms with Crippen molar-refractivity contribution in [1.29, 1.82) is 0 Å². The normalized spacial score (nSPS) is 14.7. The summed E-state index contributed by atoms with van der Waals surface area (Å²) in [5.41, 5.74) is 2.99. The first-order chi connectivity index (χ1) is 17.9. The minimum atomic E-state index is -3.45. The van der Waals surface area contributed by atoms with Crippen LogP contribution in [0, 0.1) is 5.82 Å². The molecule has 4 rings (SSSR count). The van der Waals surface area contributed by atoms with E-state index in [1.54, 1.807) is 12.1 Å². The highest BCUT2D eigenvalue weighted by atomic mass is 32.2. The molecule has 1 aliphatic heterocycles. The number of amides is 1. The lowest BCUT2D eigenvalue weighted by atomic mass is 9.90. The van der Waals surface area contributed by atoms with Gasteiger partial charge in [0.2, 0.25) is 0 Å². The fourth-order valence-corrected chi connectivity index (χ4v) is 5.61. The maximum absolute atomic E-state index is 14.8. The second-order valence-electron chi connectivity index (χ2n) is 9.96. The summed E-state index contributed by atoms with van der Waals surface area (Å²) in [4.78, 5) is 34.2. The first kappa shape index (κ1) is 27.4. The molecular weight excluding hydrogens is 509 g/mol. The number of fused-ring (bicyclic) bond motifs is 1. The van der Waals surface area contributed by atoms with Crippen LogP contribution in [0.5, 0.6) is 0 Å². The van der Waals surface area contributed by atoms with Crippen LogP contribution in [-0.2, 0) is 20.4 Å². The Labute approximate surface area is 220 Å². The maximum atomic E-state index is 14.8. The molecule has 1 amide bonds. The Balaban J connectivity index is 1.75. The lowest BCUT2D eigenvalue weighted by Crippen LogP contribution is -2.13. The quantitative estimate of drug-likeness (QED) is 0.390. The molecule has 0 bridgehead atoms. The first-order valence-corrected chi connectivity index (χ1v) is 14.2. The lowest BCUT2D eigenvalue weighted by Gasteiger charge is -2.13. The molecule has 2 heterocycles. The number of para-hydroxylation sites is 1. The topological polar surface area (TPSA) is 120 Å². The van der Waals surface area contributed by atoms with Gasteiger partial charge in [-0.1, -0.05) is 37.3 Å². The number of aliphatic imine (C=N–C) groups is 1. The zero-order valence-corrected chi connectivity index (χ0v) is 22.5. The van der Waals surface area contributed by atoms with Gasteiger partial charge in [0.1, 0.15) is 11.5 Å². The molecule has 38 heavy (non-hydrogen) atoms. The van der Waals surface area contributed by atoms with E-state index in [1.165, 1.54) is 12.1 Å². The van der Waals surface area contributed by atoms with Crippen LogP contribution < -0.4 is 0 Å². The Hall–Kier alpha value is -3.63. The van der Waals surface area contributed by atoms with Gasteiger partial charge in [-0.05, 0) is 56.8 Å². The number of aromatic amines is 1. The number of hydrogen-bond acceptors (Lipinski definition) is 5. The SMILES string of the molecule is CC(C1=CC(CCCN(C)C)=NC1=O)c1cccc2c(-c3ccc(CS(C)(=O)=O)c(F)c3)c(C(=O)O)[nH]c12. The number of nitrogens with one attached hydrogen (secondary N) is 1. The number of halogens is 1. The number of carbonyl (C=O) groups is 2. The number of sulfone groups is 1. The van der Waals surface area contributed by atoms with Gasteiger partial charge in [-0.2, -0.15) is 0 Å². The number of carbonyl (C=O) groups excluding carboxylic acids is 1. The summed E-state index contributed by atoms with van der Waals surface area (Å²) in [7, 11) is 0.524. The molecule has 1 aliphatic rings. The second-order valence-corrected chi connectivity index (χ2v) is 12.1. The van der Waals surface area contributed by atoms with Crippen molar-refractivity contribution in [2.45, 2.75) is 31.4 Å². The van der Waals surface area contributed by atoms with Crippen LogP contribution in [0.3, 0.4) is 0 Å². The molecule has 1 unspecified atom stereocenters. The number of rotatable bonds is 10. The Kier molecular flexibility index (Phi) is 7.66. The Morgan fingerprint density at radius 1 is 1.21 bits per heavy atom. The number of nitrogens with zero attached hydrogens (tertiary/aromatic N) is 2. The summed E-state index contributed by atoms with van der Waals surface area (Å²) in [6, 6.07) is 9.37. The summed E-state index contributed by atoms with van der Waals surface area (Å²) in [6.45, 7) is 2.75. The summed E-state index contributed by atoms with van der Waals surface area (Å²) in [5, 5.41) is 10.5. The second kappa shape index (κ2) is 10.6. The number of carboxylic acid groups (broad SMARTS) is 1. The third-order valence-corrected chi connectivity index (χ3v) is 7.46. The van der Waals surface area contributed by atoms with Crippen LogP contribution in [0.1, 0.15) is 47.3 Å². The van der Waals surface area contributed by atoms with Gasteiger partial charge in [-0.15, -0.1) is 0 Å². The predicted octanol–water partition coefficient (Wildman–Crippen LogP) is 4.57. The molecule has 2 N–H and O–H groups in total. The lowest BCUT2D eigenvalue weighted by molar-refractivity contribution is -0.114. The Morgan fingerprint density at radius 3 is 2.58 bits per heavy atom. The standard InChI is InChI=1S/C28H30FN3O5S/c1-16(22-14-19(30-27(22)33)7-6-12-32(2)3)20-8-5-9-21-24(26(28(34)35)31-25(20)21)17-10-11-18(23(29)13-17)15-38(4,36)37/h5,8-11,13-14,16,31H,6-7,12,15H2,1-4H3,(H,34,35). The van der Waals surface area contributed by atoms with E-state index in [2.05, 4.69) is 14.9 Å². The van der Waals surface area contributed by atoms with Crippen LogP contribution in [0.15, 0.2) is 53.0 Å². The number of carboxylic acids is 1. The van der Waals surface area contributed by atoms with Crippen molar-refractivity contribution in [2.24, 2.45) is 4.99 Å². The zero-order chi connectivity index (χ0) is 27.8. The van der Waals surface area contributed by atoms with Gasteiger partial charge < -0.3 is 15.0 Å². The van der Waals surface area contributed by atoms with Crippen LogP contribution >= 0.6 is 0 Å². The van der Waals surface area contributed by atoms with E-state index in [0.717, 1.165) is 36.6 Å². The van der Waals surface area contributed by atoms with E-state index >= 15 is 0 Å². The summed E-state index contributed by atoms with van der Waals surface area (Å²) >= 11 is 0. The molecule has 1 aromatic heterocycles. The van der Waals surface area contributed by atoms with Crippen LogP contribution in [0.25, 0.3) is 22.0 Å². The van der Waals surface area contributed by atoms with Crippen molar-refractivity contribution >= 4 is 38.3 Å². The Bertz CT molecular complexity index is 1600. The van der Waals surface area contributed by atoms with E-state index in [-0.39, 0.29) is 23.1 Å². The minimum Gasteiger partial charge on any atom is -0.477 e. The molecule has 0 radical (unpaired) electrons. The number of benzene rings is 2. The average Bonchev–Trinajstić information content (AvgIpc) is 3.39. The molecule has 0 fully saturated rings. The monoisotopic (exact) mass is 539 g/mol. The summed E-state index contributed by atoms with van der Waals surface area (Å²) in [6.07, 6.45) is 4.39. The van der Waals surface area contributed by atoms with Crippen molar-refractivity contribution < 1.29 is 27.5 Å². The van der Waals surface area contributed by atoms with E-state index in [4.69, 9.17) is 0 Å². The number of H-pyrrole nitrogens is 1. The molecular formula is C28H30FN3O5S. The summed E-state index contributed by atoms with van der Waals surface area (Å²) in [5.74, 6) is -3.09. The molecule has 10 heteroatoms. The third kappa shape index (κ3) is 5.76. The first-order valence-electron chi connectivity index (χ1n) is 12.2. The van der Waals surface area contributed by atoms with Gasteiger partial charge in [0.15, 0.2) is 9.84 Å². The highest BCUT2D eigenvalue weighted by molar-refractivity contribution is 7.89. The molecule has 200 valence electrons. The fraction of sp³-hybridized carbons (Fsp3) is 0.321. The van der Waals surface area contributed by atoms with Gasteiger partial charge >= 0.3 is 5.97 Å². The van der Waals surface area contributed by atoms with Crippen molar-refractivity contribution in [1.82, 2.24) is 9.88 Å². The molecule has 0 spiro atoms. The smallest absolute Gasteiger partial charge is 0.352 e. The molecule has 1 atom stereocenters. The summed E-state index contributed by atoms with van der Waals surface area (Å²) < 4.78 is 38.1. The number of aromatic nitrogens is 1. The molecule has 3 aromatic rings. The third-order valence-electron chi connectivity index (χ3n) is 6.62. The fourth-order valence-electron chi connectivity index (χ4n) is 4.81. The van der Waals surface area contributed by atoms with E-state index in [0.29, 0.717) is 34.0 Å². The minimum absolute atomic E-state index is 0.00958. The molecule has 2 aromatic carbocycles. The van der Waals surface area contributed by atoms with Crippen molar-refractivity contribution in [3.05, 3.63) is 70.7 Å². The molecule has 0 saturated carbocycles. The maximum Gasteiger partial charge on any atom is 0.352 e. The van der Waals surface area contributed by atoms with Crippen molar-refractivity contribution in [3.8, 4) is 11.1 Å². The van der Waals surface area contributed by atoms with Crippen LogP contribution in [0.4, 0.5) is 4.39 Å². The van der Waals surface area contributed by atoms with Crippen LogP contribution in [0.2, 0.25) is 0 Å². The Morgan fingerprint density at radius 2 is 1.95 bits per heavy atom. The molecule has 0 aliphatic carbocycles. The van der Waals surface area contributed by atoms with Gasteiger partial charge in [-0.25, -0.2) is 22.6 Å². The van der Waals surface area contributed by atoms with Gasteiger partial charge in [0.25, 0.3) is 5.91 Å². The number of hydrogen-bond donors (Lipinski definition) is 2. The highest BCUT2D eigenvalue weighted by Gasteiger charge is 2.28. The molecule has 8 nitrogen and oxygen atoms in total. The van der Waals surface area contributed by atoms with Gasteiger partial charge in [0.05, 0.1) is 11.3 Å². The van der Waals surface area contributed by atoms with Gasteiger partial charge in [-0.3, -0.25) is 4.79 Å². The van der Waals surface area contributed by atoms with Crippen molar-refractivity contribution in [2.75, 3.05) is 26.9 Å². The zero-order valence-electron chi connectivity index (χ0n) is 21.7. The van der Waals surface area contributed by atoms with E-state index in [9.17, 15) is 27.5 Å². The number of aromatic carboxylic acids is 1. The van der Waals surface area contributed by atoms with E-state index < -0.39 is 27.4 Å². The molecule has 0 saturated heterocycles. The predicted molar refractivity (Wildman–Crippen MR) is 146 cm³/mol. The van der Waals surface area contributed by atoms with E-state index in [1.807, 2.05) is 33.2 Å². The number of allylic oxidation sites excluding steroid dienone is 1. The largest absolute Gasteiger partial charge is 0.477 e. The van der Waals surface area contributed by atoms with Crippen LogP contribution in [-0.4, -0.2) is 67.9 Å².